The molecule has 0 radical (unpaired) electrons. The van der Waals surface area contributed by atoms with Crippen LogP contribution in [0.25, 0.3) is 0 Å². The molecule has 8 heteroatoms. The van der Waals surface area contributed by atoms with Crippen molar-refractivity contribution in [1.82, 2.24) is 9.97 Å². The van der Waals surface area contributed by atoms with Gasteiger partial charge in [-0.15, -0.1) is 0 Å². The number of carbonyl (C=O) groups is 1. The minimum Gasteiger partial charge on any atom is -0.478 e. The number of aryl methyl sites for hydroxylation is 1. The van der Waals surface area contributed by atoms with Gasteiger partial charge in [-0.3, -0.25) is 0 Å². The lowest BCUT2D eigenvalue weighted by Gasteiger charge is -2.11. The lowest BCUT2D eigenvalue weighted by Crippen LogP contribution is -2.03. The summed E-state index contributed by atoms with van der Waals surface area (Å²) in [6, 6.07) is 10.9. The lowest BCUT2D eigenvalue weighted by molar-refractivity contribution is 0.0697. The van der Waals surface area contributed by atoms with Gasteiger partial charge >= 0.3 is 5.97 Å². The summed E-state index contributed by atoms with van der Waals surface area (Å²) in [5.74, 6) is -1.35. The van der Waals surface area contributed by atoms with E-state index in [4.69, 9.17) is 5.11 Å². The van der Waals surface area contributed by atoms with Crippen LogP contribution in [-0.4, -0.2) is 21.0 Å². The van der Waals surface area contributed by atoms with E-state index in [1.54, 1.807) is 19.1 Å². The van der Waals surface area contributed by atoms with Crippen molar-refractivity contribution in [3.63, 3.8) is 0 Å². The van der Waals surface area contributed by atoms with Crippen molar-refractivity contribution in [3.8, 4) is 0 Å². The molecule has 0 aliphatic heterocycles. The van der Waals surface area contributed by atoms with Crippen LogP contribution in [-0.2, 0) is 0 Å². The van der Waals surface area contributed by atoms with Gasteiger partial charge in [-0.25, -0.2) is 23.5 Å². The highest BCUT2D eigenvalue weighted by Gasteiger charge is 2.08. The third-order valence-corrected chi connectivity index (χ3v) is 3.41. The maximum Gasteiger partial charge on any atom is 0.335 e. The quantitative estimate of drug-likeness (QED) is 0.634. The van der Waals surface area contributed by atoms with Crippen molar-refractivity contribution in [2.75, 3.05) is 10.6 Å². The van der Waals surface area contributed by atoms with Crippen molar-refractivity contribution < 1.29 is 18.7 Å². The second kappa shape index (κ2) is 7.14. The molecule has 132 valence electrons. The lowest BCUT2D eigenvalue weighted by atomic mass is 10.2. The molecule has 6 nitrogen and oxygen atoms in total. The molecule has 2 aromatic carbocycles. The summed E-state index contributed by atoms with van der Waals surface area (Å²) in [7, 11) is 0. The average molecular weight is 356 g/mol. The normalized spacial score (nSPS) is 10.4. The summed E-state index contributed by atoms with van der Waals surface area (Å²) in [5.41, 5.74) is 0.734. The standard InChI is InChI=1S/C18H14F2N4O2/c1-10-21-16(23-13-4-2-3-11(7-13)18(25)26)9-17(22-10)24-15-6-5-12(19)8-14(15)20/h2-9H,1H3,(H,25,26)(H2,21,22,23,24). The van der Waals surface area contributed by atoms with Crippen LogP contribution in [0.3, 0.4) is 0 Å². The Balaban J connectivity index is 1.85. The zero-order chi connectivity index (χ0) is 18.7. The molecule has 0 unspecified atom stereocenters. The zero-order valence-corrected chi connectivity index (χ0v) is 13.6. The van der Waals surface area contributed by atoms with Crippen molar-refractivity contribution in [2.24, 2.45) is 0 Å². The zero-order valence-electron chi connectivity index (χ0n) is 13.6. The van der Waals surface area contributed by atoms with Crippen molar-refractivity contribution in [2.45, 2.75) is 6.92 Å². The van der Waals surface area contributed by atoms with E-state index in [2.05, 4.69) is 20.6 Å². The average Bonchev–Trinajstić information content (AvgIpc) is 2.57. The number of halogens is 2. The fourth-order valence-corrected chi connectivity index (χ4v) is 2.30. The summed E-state index contributed by atoms with van der Waals surface area (Å²) in [4.78, 5) is 19.4. The molecular formula is C18H14F2N4O2. The minimum atomic E-state index is -1.04. The van der Waals surface area contributed by atoms with E-state index in [9.17, 15) is 13.6 Å². The van der Waals surface area contributed by atoms with E-state index >= 15 is 0 Å². The SMILES string of the molecule is Cc1nc(Nc2cccc(C(=O)O)c2)cc(Nc2ccc(F)cc2F)n1. The Morgan fingerprint density at radius 1 is 1.00 bits per heavy atom. The summed E-state index contributed by atoms with van der Waals surface area (Å²) in [6.45, 7) is 1.66. The number of nitrogens with one attached hydrogen (secondary N) is 2. The summed E-state index contributed by atoms with van der Waals surface area (Å²) in [5, 5.41) is 14.8. The van der Waals surface area contributed by atoms with Crippen LogP contribution in [0.15, 0.2) is 48.5 Å². The highest BCUT2D eigenvalue weighted by atomic mass is 19.1. The Morgan fingerprint density at radius 3 is 2.42 bits per heavy atom. The summed E-state index contributed by atoms with van der Waals surface area (Å²) in [6.07, 6.45) is 0. The molecule has 1 heterocycles. The Hall–Kier alpha value is -3.55. The molecule has 1 aromatic heterocycles. The molecule has 0 aliphatic rings. The van der Waals surface area contributed by atoms with Gasteiger partial charge in [-0.05, 0) is 37.3 Å². The molecule has 0 saturated carbocycles. The Labute approximate surface area is 147 Å². The molecule has 0 fully saturated rings. The van der Waals surface area contributed by atoms with Crippen LogP contribution in [0.5, 0.6) is 0 Å². The maximum atomic E-state index is 13.8. The highest BCUT2D eigenvalue weighted by Crippen LogP contribution is 2.23. The molecular weight excluding hydrogens is 342 g/mol. The first-order valence-corrected chi connectivity index (χ1v) is 7.59. The van der Waals surface area contributed by atoms with E-state index in [0.29, 0.717) is 23.1 Å². The number of rotatable bonds is 5. The molecule has 0 bridgehead atoms. The maximum absolute atomic E-state index is 13.8. The molecule has 3 N–H and O–H groups in total. The highest BCUT2D eigenvalue weighted by molar-refractivity contribution is 5.89. The number of anilines is 4. The van der Waals surface area contributed by atoms with E-state index in [1.807, 2.05) is 0 Å². The van der Waals surface area contributed by atoms with Gasteiger partial charge in [-0.1, -0.05) is 6.07 Å². The molecule has 0 atom stereocenters. The smallest absolute Gasteiger partial charge is 0.335 e. The molecule has 0 amide bonds. The third kappa shape index (κ3) is 4.10. The third-order valence-electron chi connectivity index (χ3n) is 3.41. The van der Waals surface area contributed by atoms with E-state index in [0.717, 1.165) is 12.1 Å². The van der Waals surface area contributed by atoms with Gasteiger partial charge < -0.3 is 15.7 Å². The van der Waals surface area contributed by atoms with E-state index in [1.165, 1.54) is 24.3 Å². The first-order valence-electron chi connectivity index (χ1n) is 7.59. The number of carboxylic acid groups (broad SMARTS) is 1. The summed E-state index contributed by atoms with van der Waals surface area (Å²) < 4.78 is 26.8. The molecule has 3 aromatic rings. The second-order valence-corrected chi connectivity index (χ2v) is 5.45. The Morgan fingerprint density at radius 2 is 1.73 bits per heavy atom. The number of nitrogens with zero attached hydrogens (tertiary/aromatic N) is 2. The molecule has 0 aliphatic carbocycles. The monoisotopic (exact) mass is 356 g/mol. The largest absolute Gasteiger partial charge is 0.478 e. The van der Waals surface area contributed by atoms with Gasteiger partial charge in [0.05, 0.1) is 11.3 Å². The fourth-order valence-electron chi connectivity index (χ4n) is 2.30. The number of hydrogen-bond donors (Lipinski definition) is 3. The second-order valence-electron chi connectivity index (χ2n) is 5.45. The van der Waals surface area contributed by atoms with Crippen LogP contribution in [0.1, 0.15) is 16.2 Å². The number of hydrogen-bond acceptors (Lipinski definition) is 5. The van der Waals surface area contributed by atoms with Crippen molar-refractivity contribution in [1.29, 1.82) is 0 Å². The van der Waals surface area contributed by atoms with Crippen LogP contribution in [0.2, 0.25) is 0 Å². The van der Waals surface area contributed by atoms with Gasteiger partial charge in [0.25, 0.3) is 0 Å². The number of carboxylic acids is 1. The van der Waals surface area contributed by atoms with Crippen LogP contribution < -0.4 is 10.6 Å². The fraction of sp³-hybridized carbons (Fsp3) is 0.0556. The molecule has 0 spiro atoms. The minimum absolute atomic E-state index is 0.0725. The van der Waals surface area contributed by atoms with Gasteiger partial charge in [-0.2, -0.15) is 0 Å². The molecule has 26 heavy (non-hydrogen) atoms. The predicted octanol–water partition coefficient (Wildman–Crippen LogP) is 4.25. The predicted molar refractivity (Wildman–Crippen MR) is 93.1 cm³/mol. The number of benzene rings is 2. The first-order chi connectivity index (χ1) is 12.4. The van der Waals surface area contributed by atoms with Crippen molar-refractivity contribution >= 4 is 29.0 Å². The van der Waals surface area contributed by atoms with Crippen LogP contribution in [0, 0.1) is 18.6 Å². The van der Waals surface area contributed by atoms with Gasteiger partial charge in [0.15, 0.2) is 0 Å². The van der Waals surface area contributed by atoms with Crippen LogP contribution >= 0.6 is 0 Å². The number of aromatic carboxylic acids is 1. The first kappa shape index (κ1) is 17.3. The van der Waals surface area contributed by atoms with Gasteiger partial charge in [0.1, 0.15) is 29.1 Å². The molecule has 0 saturated heterocycles. The van der Waals surface area contributed by atoms with Crippen molar-refractivity contribution in [3.05, 3.63) is 71.6 Å². The molecule has 3 rings (SSSR count). The van der Waals surface area contributed by atoms with Gasteiger partial charge in [0.2, 0.25) is 0 Å². The van der Waals surface area contributed by atoms with Gasteiger partial charge in [0, 0.05) is 17.8 Å². The number of aromatic nitrogens is 2. The topological polar surface area (TPSA) is 87.1 Å². The summed E-state index contributed by atoms with van der Waals surface area (Å²) >= 11 is 0. The van der Waals surface area contributed by atoms with E-state index in [-0.39, 0.29) is 11.3 Å². The van der Waals surface area contributed by atoms with E-state index < -0.39 is 17.6 Å². The Bertz CT molecular complexity index is 979. The Kier molecular flexibility index (Phi) is 4.74. The van der Waals surface area contributed by atoms with Crippen LogP contribution in [0.4, 0.5) is 31.8 Å².